The van der Waals surface area contributed by atoms with E-state index in [1.807, 2.05) is 24.3 Å². The molecule has 0 aromatic heterocycles. The van der Waals surface area contributed by atoms with Crippen LogP contribution in [0, 0.1) is 5.92 Å². The van der Waals surface area contributed by atoms with Gasteiger partial charge < -0.3 is 10.5 Å². The maximum atomic E-state index is 11.3. The highest BCUT2D eigenvalue weighted by Gasteiger charge is 2.16. The van der Waals surface area contributed by atoms with E-state index in [-0.39, 0.29) is 11.8 Å². The average Bonchev–Trinajstić information content (AvgIpc) is 2.29. The summed E-state index contributed by atoms with van der Waals surface area (Å²) in [5.41, 5.74) is 6.43. The van der Waals surface area contributed by atoms with Gasteiger partial charge >= 0.3 is 0 Å². The van der Waals surface area contributed by atoms with Gasteiger partial charge in [-0.2, -0.15) is 0 Å². The van der Waals surface area contributed by atoms with E-state index in [0.29, 0.717) is 6.42 Å². The Kier molecular flexibility index (Phi) is 4.83. The van der Waals surface area contributed by atoms with E-state index in [1.165, 1.54) is 0 Å². The van der Waals surface area contributed by atoms with E-state index in [1.54, 1.807) is 7.11 Å². The van der Waals surface area contributed by atoms with Crippen LogP contribution in [0.15, 0.2) is 24.3 Å². The molecule has 0 fully saturated rings. The minimum absolute atomic E-state index is 0.0960. The second-order valence-electron chi connectivity index (χ2n) is 3.90. The third-order valence-electron chi connectivity index (χ3n) is 2.70. The zero-order chi connectivity index (χ0) is 12.0. The molecular weight excluding hydrogens is 202 g/mol. The van der Waals surface area contributed by atoms with Crippen LogP contribution in [0.3, 0.4) is 0 Å². The number of carbonyl (C=O) groups excluding carboxylic acids is 1. The molecule has 0 aliphatic carbocycles. The molecular formula is C13H19NO2. The van der Waals surface area contributed by atoms with Gasteiger partial charge in [0.2, 0.25) is 5.91 Å². The van der Waals surface area contributed by atoms with E-state index in [2.05, 4.69) is 6.92 Å². The highest BCUT2D eigenvalue weighted by atomic mass is 16.5. The zero-order valence-electron chi connectivity index (χ0n) is 9.90. The number of rotatable bonds is 6. The van der Waals surface area contributed by atoms with E-state index in [0.717, 1.165) is 24.2 Å². The van der Waals surface area contributed by atoms with Crippen molar-refractivity contribution in [1.29, 1.82) is 0 Å². The fourth-order valence-corrected chi connectivity index (χ4v) is 1.83. The Bertz CT molecular complexity index is 350. The molecule has 88 valence electrons. The largest absolute Gasteiger partial charge is 0.496 e. The number of methoxy groups -OCH3 is 1. The molecule has 0 spiro atoms. The monoisotopic (exact) mass is 221 g/mol. The summed E-state index contributed by atoms with van der Waals surface area (Å²) in [4.78, 5) is 11.3. The third-order valence-corrected chi connectivity index (χ3v) is 2.70. The number of ether oxygens (including phenoxy) is 1. The van der Waals surface area contributed by atoms with Crippen LogP contribution in [0.2, 0.25) is 0 Å². The molecule has 0 aliphatic rings. The van der Waals surface area contributed by atoms with Crippen LogP contribution < -0.4 is 10.5 Å². The number of primary amides is 1. The Morgan fingerprint density at radius 1 is 1.44 bits per heavy atom. The van der Waals surface area contributed by atoms with Crippen molar-refractivity contribution in [3.05, 3.63) is 29.8 Å². The van der Waals surface area contributed by atoms with Crippen molar-refractivity contribution in [3.63, 3.8) is 0 Å². The van der Waals surface area contributed by atoms with Gasteiger partial charge in [-0.3, -0.25) is 4.79 Å². The smallest absolute Gasteiger partial charge is 0.220 e. The van der Waals surface area contributed by atoms with Gasteiger partial charge in [0.25, 0.3) is 0 Å². The van der Waals surface area contributed by atoms with Crippen molar-refractivity contribution in [3.8, 4) is 5.75 Å². The Balaban J connectivity index is 2.80. The molecule has 0 heterocycles. The summed E-state index contributed by atoms with van der Waals surface area (Å²) in [5, 5.41) is 0. The van der Waals surface area contributed by atoms with Gasteiger partial charge in [-0.15, -0.1) is 0 Å². The third kappa shape index (κ3) is 3.26. The van der Waals surface area contributed by atoms with E-state index in [9.17, 15) is 4.79 Å². The molecule has 1 amide bonds. The number of hydrogen-bond donors (Lipinski definition) is 1. The molecule has 1 unspecified atom stereocenters. The molecule has 3 heteroatoms. The fourth-order valence-electron chi connectivity index (χ4n) is 1.83. The summed E-state index contributed by atoms with van der Waals surface area (Å²) < 4.78 is 5.25. The van der Waals surface area contributed by atoms with Crippen LogP contribution in [-0.4, -0.2) is 13.0 Å². The maximum Gasteiger partial charge on any atom is 0.220 e. The molecule has 2 N–H and O–H groups in total. The van der Waals surface area contributed by atoms with Crippen LogP contribution >= 0.6 is 0 Å². The van der Waals surface area contributed by atoms with Crippen LogP contribution in [0.4, 0.5) is 0 Å². The van der Waals surface area contributed by atoms with Crippen LogP contribution in [0.1, 0.15) is 25.3 Å². The Labute approximate surface area is 96.6 Å². The maximum absolute atomic E-state index is 11.3. The summed E-state index contributed by atoms with van der Waals surface area (Å²) in [6, 6.07) is 7.74. The molecule has 0 bridgehead atoms. The summed E-state index contributed by atoms with van der Waals surface area (Å²) in [6.07, 6.45) is 2.45. The molecule has 16 heavy (non-hydrogen) atoms. The highest BCUT2D eigenvalue weighted by Crippen LogP contribution is 2.22. The predicted molar refractivity (Wildman–Crippen MR) is 64.3 cm³/mol. The molecule has 0 radical (unpaired) electrons. The number of para-hydroxylation sites is 1. The van der Waals surface area contributed by atoms with Crippen LogP contribution in [0.5, 0.6) is 5.75 Å². The molecule has 0 aliphatic heterocycles. The Morgan fingerprint density at radius 3 is 2.69 bits per heavy atom. The fraction of sp³-hybridized carbons (Fsp3) is 0.462. The normalized spacial score (nSPS) is 12.1. The first-order chi connectivity index (χ1) is 7.69. The van der Waals surface area contributed by atoms with E-state index in [4.69, 9.17) is 10.5 Å². The lowest BCUT2D eigenvalue weighted by molar-refractivity contribution is -0.122. The average molecular weight is 221 g/mol. The molecule has 1 rings (SSSR count). The van der Waals surface area contributed by atoms with Gasteiger partial charge in [-0.05, 0) is 24.5 Å². The van der Waals surface area contributed by atoms with Crippen molar-refractivity contribution in [2.75, 3.05) is 7.11 Å². The topological polar surface area (TPSA) is 52.3 Å². The molecule has 0 saturated carbocycles. The van der Waals surface area contributed by atoms with E-state index < -0.39 is 0 Å². The number of benzene rings is 1. The summed E-state index contributed by atoms with van der Waals surface area (Å²) in [5.74, 6) is 0.499. The molecule has 1 aromatic rings. The van der Waals surface area contributed by atoms with Gasteiger partial charge in [0.1, 0.15) is 5.75 Å². The van der Waals surface area contributed by atoms with Gasteiger partial charge in [-0.25, -0.2) is 0 Å². The number of hydrogen-bond acceptors (Lipinski definition) is 2. The van der Waals surface area contributed by atoms with Crippen molar-refractivity contribution < 1.29 is 9.53 Å². The lowest BCUT2D eigenvalue weighted by Crippen LogP contribution is -2.25. The predicted octanol–water partition coefficient (Wildman–Crippen LogP) is 2.14. The summed E-state index contributed by atoms with van der Waals surface area (Å²) in [6.45, 7) is 2.05. The van der Waals surface area contributed by atoms with Crippen molar-refractivity contribution in [2.45, 2.75) is 26.2 Å². The van der Waals surface area contributed by atoms with Gasteiger partial charge in [-0.1, -0.05) is 31.5 Å². The van der Waals surface area contributed by atoms with Crippen LogP contribution in [0.25, 0.3) is 0 Å². The van der Waals surface area contributed by atoms with Gasteiger partial charge in [0.05, 0.1) is 7.11 Å². The summed E-state index contributed by atoms with van der Waals surface area (Å²) in [7, 11) is 1.64. The molecule has 3 nitrogen and oxygen atoms in total. The molecule has 1 aromatic carbocycles. The molecule has 0 saturated heterocycles. The second kappa shape index (κ2) is 6.16. The first-order valence-electron chi connectivity index (χ1n) is 5.60. The van der Waals surface area contributed by atoms with Gasteiger partial charge in [0.15, 0.2) is 0 Å². The van der Waals surface area contributed by atoms with Crippen molar-refractivity contribution in [1.82, 2.24) is 0 Å². The first kappa shape index (κ1) is 12.6. The minimum atomic E-state index is -0.229. The van der Waals surface area contributed by atoms with Gasteiger partial charge in [0, 0.05) is 5.92 Å². The lowest BCUT2D eigenvalue weighted by Gasteiger charge is -2.14. The first-order valence-corrected chi connectivity index (χ1v) is 5.60. The Morgan fingerprint density at radius 2 is 2.12 bits per heavy atom. The van der Waals surface area contributed by atoms with Crippen molar-refractivity contribution in [2.24, 2.45) is 11.7 Å². The second-order valence-corrected chi connectivity index (χ2v) is 3.90. The quantitative estimate of drug-likeness (QED) is 0.800. The Hall–Kier alpha value is -1.51. The van der Waals surface area contributed by atoms with Crippen LogP contribution in [-0.2, 0) is 11.2 Å². The SMILES string of the molecule is CCCC(Cc1ccccc1OC)C(N)=O. The number of carbonyl (C=O) groups is 1. The summed E-state index contributed by atoms with van der Waals surface area (Å²) >= 11 is 0. The number of amides is 1. The minimum Gasteiger partial charge on any atom is -0.496 e. The zero-order valence-corrected chi connectivity index (χ0v) is 9.90. The number of nitrogens with two attached hydrogens (primary N) is 1. The highest BCUT2D eigenvalue weighted by molar-refractivity contribution is 5.77. The van der Waals surface area contributed by atoms with E-state index >= 15 is 0 Å². The molecule has 1 atom stereocenters. The lowest BCUT2D eigenvalue weighted by atomic mass is 9.94. The van der Waals surface area contributed by atoms with Crippen molar-refractivity contribution >= 4 is 5.91 Å². The standard InChI is InChI=1S/C13H19NO2/c1-3-6-11(13(14)15)9-10-7-4-5-8-12(10)16-2/h4-5,7-8,11H,3,6,9H2,1-2H3,(H2,14,15).